The van der Waals surface area contributed by atoms with Gasteiger partial charge in [-0.05, 0) is 158 Å². The first-order chi connectivity index (χ1) is 59.2. The quantitative estimate of drug-likeness (QED) is 0.0457. The number of carbonyl (C=O) groups excluding carboxylic acids is 9. The number of fused-ring (bicyclic) bond motifs is 15. The van der Waals surface area contributed by atoms with Crippen LogP contribution >= 0.6 is 23.2 Å². The lowest BCUT2D eigenvalue weighted by molar-refractivity contribution is -0.334. The van der Waals surface area contributed by atoms with E-state index in [4.69, 9.17) is 57.4 Å². The number of likely N-dealkylation sites (N-methyl/N-ethyl adjacent to an activating group) is 1. The Kier molecular flexibility index (Phi) is 28.7. The number of carbonyl (C=O) groups is 9. The Morgan fingerprint density at radius 1 is 0.704 bits per heavy atom. The monoisotopic (exact) mass is 1780 g/mol. The number of anilines is 1. The number of ether oxygens (including phenoxy) is 7. The highest BCUT2D eigenvalue weighted by molar-refractivity contribution is 6.32. The number of aliphatic hydroxyl groups excluding tert-OH is 6. The first-order valence-corrected chi connectivity index (χ1v) is 40.0. The molecule has 11 bridgehead atoms. The van der Waals surface area contributed by atoms with Gasteiger partial charge in [-0.15, -0.1) is 13.2 Å². The fraction of sp³-hybridized carbons (Fsp3) is 0.386. The molecule has 0 saturated carbocycles. The number of amides is 9. The van der Waals surface area contributed by atoms with Crippen LogP contribution in [0.5, 0.6) is 51.7 Å². The van der Waals surface area contributed by atoms with Crippen LogP contribution in [0.3, 0.4) is 0 Å². The summed E-state index contributed by atoms with van der Waals surface area (Å²) < 4.78 is 82.0. The van der Waals surface area contributed by atoms with Gasteiger partial charge in [0.25, 0.3) is 11.8 Å². The zero-order valence-corrected chi connectivity index (χ0v) is 68.8. The van der Waals surface area contributed by atoms with Crippen LogP contribution in [0, 0.1) is 5.92 Å². The molecule has 7 aromatic carbocycles. The highest BCUT2D eigenvalue weighted by atomic mass is 35.5. The van der Waals surface area contributed by atoms with Crippen LogP contribution in [-0.2, 0) is 59.1 Å². The minimum absolute atomic E-state index is 0.00857. The van der Waals surface area contributed by atoms with E-state index in [1.807, 2.05) is 13.8 Å². The third-order valence-corrected chi connectivity index (χ3v) is 22.0. The summed E-state index contributed by atoms with van der Waals surface area (Å²) in [5.74, 6) is -16.6. The average Bonchev–Trinajstić information content (AvgIpc) is 0.761. The van der Waals surface area contributed by atoms with Gasteiger partial charge in [-0.2, -0.15) is 0 Å². The van der Waals surface area contributed by atoms with Gasteiger partial charge < -0.3 is 133 Å². The average molecular weight is 1780 g/mol. The van der Waals surface area contributed by atoms with E-state index in [1.54, 1.807) is 38.1 Å². The highest BCUT2D eigenvalue weighted by Gasteiger charge is 2.53. The molecule has 42 heteroatoms. The normalized spacial score (nSPS) is 26.0. The molecule has 0 aromatic heterocycles. The molecule has 37 nitrogen and oxygen atoms in total. The summed E-state index contributed by atoms with van der Waals surface area (Å²) in [6, 6.07) is 10.3. The molecule has 22 N–H and O–H groups in total. The van der Waals surface area contributed by atoms with Crippen molar-refractivity contribution >= 4 is 82.1 Å². The number of aliphatic hydroxyl groups is 6. The predicted octanol–water partition coefficient (Wildman–Crippen LogP) is 3.64. The zero-order chi connectivity index (χ0) is 90.5. The number of halogens is 5. The Balaban J connectivity index is 1.01. The first kappa shape index (κ1) is 92.4. The van der Waals surface area contributed by atoms with Gasteiger partial charge in [0.05, 0.1) is 41.3 Å². The largest absolute Gasteiger partial charge is 0.573 e. The Morgan fingerprint density at radius 3 is 1.97 bits per heavy atom. The van der Waals surface area contributed by atoms with Crippen LogP contribution in [0.25, 0.3) is 11.1 Å². The number of alkyl halides is 3. The van der Waals surface area contributed by atoms with E-state index >= 15 is 24.0 Å². The zero-order valence-electron chi connectivity index (χ0n) is 67.3. The second-order valence-electron chi connectivity index (χ2n) is 30.9. The van der Waals surface area contributed by atoms with E-state index in [0.717, 1.165) is 91.0 Å². The summed E-state index contributed by atoms with van der Waals surface area (Å²) in [6.07, 6.45) is -24.6. The lowest BCUT2D eigenvalue weighted by atomic mass is 9.84. The number of benzene rings is 7. The van der Waals surface area contributed by atoms with Gasteiger partial charge in [0.1, 0.15) is 101 Å². The van der Waals surface area contributed by atoms with Gasteiger partial charge >= 0.3 is 6.36 Å². The van der Waals surface area contributed by atoms with E-state index in [1.165, 1.54) is 26.1 Å². The fourth-order valence-corrected chi connectivity index (χ4v) is 15.4. The first-order valence-electron chi connectivity index (χ1n) is 39.2. The third kappa shape index (κ3) is 21.3. The Morgan fingerprint density at radius 2 is 1.34 bits per heavy atom. The van der Waals surface area contributed by atoms with Gasteiger partial charge in [0.2, 0.25) is 53.4 Å². The fourth-order valence-electron chi connectivity index (χ4n) is 15.0. The Bertz CT molecular complexity index is 5260. The molecule has 14 rings (SSSR count). The Hall–Kier alpha value is -11.7. The molecule has 7 aliphatic rings. The number of hydrogen-bond acceptors (Lipinski definition) is 28. The maximum absolute atomic E-state index is 16.3. The van der Waals surface area contributed by atoms with Crippen LogP contribution < -0.4 is 83.4 Å². The number of rotatable bonds is 21. The molecule has 7 aliphatic heterocycles. The lowest BCUT2D eigenvalue weighted by Gasteiger charge is -2.48. The summed E-state index contributed by atoms with van der Waals surface area (Å²) in [7, 11) is 1.46. The van der Waals surface area contributed by atoms with Gasteiger partial charge in [0.15, 0.2) is 23.9 Å². The molecule has 2 saturated heterocycles. The van der Waals surface area contributed by atoms with Crippen molar-refractivity contribution in [3.63, 3.8) is 0 Å². The smallest absolute Gasteiger partial charge is 0.508 e. The number of hydrogen-bond donors (Lipinski definition) is 21. The van der Waals surface area contributed by atoms with Crippen LogP contribution in [0.2, 0.25) is 10.0 Å². The lowest BCUT2D eigenvalue weighted by Crippen LogP contribution is -2.65. The summed E-state index contributed by atoms with van der Waals surface area (Å²) in [5, 5.41) is 130. The number of aromatic hydroxyl groups is 3. The SMILES string of the molecule is CCNNC(=O)C1NC(=O)[C@H]2NC(=O)C(NC(=O)C3NC(=O)C(CC(N)=O)NC(=O)C(NC(=O)[C@@H](CC(C)C)NC)C(O)c4ccc(c(Cl)c4)Oc4cc3cc(c4O[C@@H]3O[C@H](CO)C(O)[C@H](O)C3OC3CC(C)(NCc4cccc(NC(=O)c5ccc(OC(F)(F)F)cc5)c4)[C@H](O)[C@H](C)O3)Oc3ccc(cc3Cl)[C@H]2O)c2ccc(O)c(c2)-c2c(O)cc(O)cc21. The van der Waals surface area contributed by atoms with E-state index in [9.17, 15) is 78.3 Å². The summed E-state index contributed by atoms with van der Waals surface area (Å²) >= 11 is 14.4. The molecule has 10 unspecified atom stereocenters. The minimum atomic E-state index is -4.97. The van der Waals surface area contributed by atoms with Crippen LogP contribution in [0.15, 0.2) is 127 Å². The second kappa shape index (κ2) is 38.8. The maximum Gasteiger partial charge on any atom is 0.573 e. The van der Waals surface area contributed by atoms with Crippen LogP contribution in [0.4, 0.5) is 18.9 Å². The molecule has 0 radical (unpaired) electrons. The van der Waals surface area contributed by atoms with Crippen molar-refractivity contribution < 1.29 is 135 Å². The van der Waals surface area contributed by atoms with E-state index in [2.05, 4.69) is 63.4 Å². The third-order valence-electron chi connectivity index (χ3n) is 21.4. The molecule has 9 amide bonds. The van der Waals surface area contributed by atoms with Crippen molar-refractivity contribution in [3.8, 4) is 62.9 Å². The minimum Gasteiger partial charge on any atom is -0.508 e. The Labute approximate surface area is 720 Å². The van der Waals surface area contributed by atoms with E-state index in [0.29, 0.717) is 5.56 Å². The topological polar surface area (TPSA) is 559 Å². The van der Waals surface area contributed by atoms with Gasteiger partial charge in [-0.25, -0.2) is 5.43 Å². The van der Waals surface area contributed by atoms with Crippen LogP contribution in [-0.4, -0.2) is 205 Å². The predicted molar refractivity (Wildman–Crippen MR) is 434 cm³/mol. The van der Waals surface area contributed by atoms with E-state index < -0.39 is 260 Å². The number of nitrogens with one attached hydrogen (secondary N) is 11. The van der Waals surface area contributed by atoms with Gasteiger partial charge in [0, 0.05) is 53.5 Å². The molecule has 18 atom stereocenters. The van der Waals surface area contributed by atoms with Crippen molar-refractivity contribution in [1.29, 1.82) is 0 Å². The molecule has 2 fully saturated rings. The summed E-state index contributed by atoms with van der Waals surface area (Å²) in [4.78, 5) is 133. The van der Waals surface area contributed by atoms with Gasteiger partial charge in [-0.1, -0.05) is 74.3 Å². The molecule has 668 valence electrons. The van der Waals surface area contributed by atoms with Crippen molar-refractivity contribution in [3.05, 3.63) is 176 Å². The molecule has 0 aliphatic carbocycles. The maximum atomic E-state index is 16.3. The van der Waals surface area contributed by atoms with Gasteiger partial charge in [-0.3, -0.25) is 48.6 Å². The van der Waals surface area contributed by atoms with Crippen molar-refractivity contribution in [2.45, 2.75) is 176 Å². The number of phenolic OH excluding ortho intramolecular Hbond substituents is 3. The summed E-state index contributed by atoms with van der Waals surface area (Å²) in [5.41, 5.74) is 7.56. The van der Waals surface area contributed by atoms with Crippen molar-refractivity contribution in [2.75, 3.05) is 25.5 Å². The van der Waals surface area contributed by atoms with Crippen LogP contribution in [0.1, 0.15) is 128 Å². The second-order valence-corrected chi connectivity index (χ2v) is 31.7. The number of hydrazine groups is 1. The molecule has 7 heterocycles. The number of nitrogens with two attached hydrogens (primary N) is 1. The van der Waals surface area contributed by atoms with E-state index in [-0.39, 0.29) is 65.5 Å². The van der Waals surface area contributed by atoms with Crippen molar-refractivity contribution in [1.82, 2.24) is 53.4 Å². The number of primary amides is 1. The molecule has 0 spiro atoms. The summed E-state index contributed by atoms with van der Waals surface area (Å²) in [6.45, 7) is 7.34. The standard InChI is InChI=1S/C83H91Cl2F3N12O25/c1-7-92-100-80(118)63-46-28-43(102)29-52(104)60(46)45-23-38(13-18-51(45)103)61-76(114)99-65(79(117)97-63)67(107)40-15-20-54(48(85)25-40)121-56-27-41-26-55(120-53-19-14-39(24-47(53)84)66(106)64(98-74(112)49(90-6)21-34(2)3)78(116)94-50(30-58(89)105)75(113)95-62(41)77(115)96-61)70(56)124-81-71(69(109)68(108)57(33-101)122-81)123-59-31-82(5,72(110)35(4)119-59)91-32-36-9-8-10-42(22-36)93-73(111)37-11-16-44(17-12-37)125-83(86,87)88/h8-20,22-29,34-35,49-50,57,59,61-69,71-72,81,90-92,101-104,106-110H,7,21,30-33H2,1-6H3,(H2,89,105)(H,93,111)(H,94,116)(H,95,113)(H,96,115)(H,97,117)(H,98,112)(H,99,114)(H,100,118)/t35-,49+,50?,57+,59?,61?,62?,63?,64?,65-,66?,67+,68?,69-,71?,72+,81-,82?/m0/s1. The number of phenols is 3. The molecule has 125 heavy (non-hydrogen) atoms. The molecular formula is C83H91Cl2F3N12O25. The highest BCUT2D eigenvalue weighted by Crippen LogP contribution is 2.50. The molecular weight excluding hydrogens is 1690 g/mol. The molecule has 7 aromatic rings. The van der Waals surface area contributed by atoms with Crippen molar-refractivity contribution in [2.24, 2.45) is 11.7 Å².